The van der Waals surface area contributed by atoms with Gasteiger partial charge in [-0.05, 0) is 179 Å². The number of nitrogens with zero attached hydrogens (tertiary/aromatic N) is 9. The van der Waals surface area contributed by atoms with Gasteiger partial charge in [0.05, 0.1) is 5.41 Å². The quantitative estimate of drug-likeness (QED) is 0.0959. The summed E-state index contributed by atoms with van der Waals surface area (Å²) in [5.41, 5.74) is 36.2. The van der Waals surface area contributed by atoms with Crippen LogP contribution in [-0.4, -0.2) is 44.9 Å². The Bertz CT molecular complexity index is 9480. The van der Waals surface area contributed by atoms with E-state index in [1.54, 1.807) is 0 Å². The Hall–Kier alpha value is -19.2. The van der Waals surface area contributed by atoms with Crippen molar-refractivity contribution >= 4 is 65.8 Å². The van der Waals surface area contributed by atoms with Gasteiger partial charge in [0.25, 0.3) is 0 Å². The minimum absolute atomic E-state index is 0.104. The number of benzene rings is 20. The molecular formula is C137H93N9O3. The van der Waals surface area contributed by atoms with Crippen molar-refractivity contribution in [2.45, 2.75) is 43.9 Å². The van der Waals surface area contributed by atoms with E-state index in [1.165, 1.54) is 83.5 Å². The van der Waals surface area contributed by atoms with Gasteiger partial charge < -0.3 is 13.3 Å². The number of rotatable bonds is 15. The Morgan fingerprint density at radius 3 is 0.859 bits per heavy atom. The summed E-state index contributed by atoms with van der Waals surface area (Å²) < 4.78 is 19.9. The van der Waals surface area contributed by atoms with E-state index in [2.05, 4.69) is 319 Å². The van der Waals surface area contributed by atoms with E-state index >= 15 is 0 Å². The normalized spacial score (nSPS) is 14.3. The van der Waals surface area contributed by atoms with Crippen LogP contribution in [0, 0.1) is 5.92 Å². The highest BCUT2D eigenvalue weighted by atomic mass is 16.3. The molecule has 0 saturated carbocycles. The van der Waals surface area contributed by atoms with Crippen LogP contribution in [0.1, 0.15) is 77.8 Å². The second-order valence-electron chi connectivity index (χ2n) is 39.3. The third-order valence-corrected chi connectivity index (χ3v) is 30.7. The summed E-state index contributed by atoms with van der Waals surface area (Å²) in [7, 11) is 0. The standard InChI is InChI=1S/C52H33N3O.C47H31N3O.C38H29N3O/c1-5-17-34(18-6-1)49-53-50(35-19-7-2-8-20-35)55-51(54-49)37-22-15-21-36(31-37)40-28-16-30-46-48(40)43-32-45-42(33-47(43)56-46)41-27-13-14-29-44(41)52(45,38-23-9-3-10-24-38)39-25-11-4-12-26-39;1-47(34-18-9-4-10-19-34)39-22-12-11-20-36(39)37-29-42-38(28-40(37)47)43-35(21-13-23-41(43)51-42)30-24-26-33(27-25-30)46-49-44(31-14-5-2-6-15-31)48-45(50-46)32-16-7-3-8-17-32;1-23(2)38(3)30-19-11-10-17-26(30)28-22-33-29(21-31(28)38)34-27(18-12-20-32(34)42-33)37-40-35(24-13-6-4-7-14-24)39-36(41-37)25-15-8-5-9-16-25/h1-33H;2-29H,1H3;4-23H,1-3H3. The summed E-state index contributed by atoms with van der Waals surface area (Å²) in [5.74, 6) is 6.17. The third-order valence-electron chi connectivity index (χ3n) is 30.7. The van der Waals surface area contributed by atoms with E-state index < -0.39 is 5.41 Å². The minimum atomic E-state index is -0.507. The van der Waals surface area contributed by atoms with E-state index in [4.69, 9.17) is 58.1 Å². The summed E-state index contributed by atoms with van der Waals surface area (Å²) >= 11 is 0. The molecule has 0 fully saturated rings. The highest BCUT2D eigenvalue weighted by Crippen LogP contribution is 2.61. The van der Waals surface area contributed by atoms with Gasteiger partial charge in [0.2, 0.25) is 0 Å². The topological polar surface area (TPSA) is 155 Å². The molecule has 12 nitrogen and oxygen atoms in total. The summed E-state index contributed by atoms with van der Waals surface area (Å²) in [6, 6.07) is 169. The molecule has 0 amide bonds. The van der Waals surface area contributed by atoms with Crippen molar-refractivity contribution < 1.29 is 13.3 Å². The summed E-state index contributed by atoms with van der Waals surface area (Å²) in [4.78, 5) is 44.7. The summed E-state index contributed by atoms with van der Waals surface area (Å²) in [5, 5.41) is 6.52. The van der Waals surface area contributed by atoms with Crippen LogP contribution < -0.4 is 0 Å². The molecule has 29 rings (SSSR count). The lowest BCUT2D eigenvalue weighted by atomic mass is 9.67. The first-order valence-corrected chi connectivity index (χ1v) is 50.7. The number of hydrogen-bond donors (Lipinski definition) is 0. The van der Waals surface area contributed by atoms with Crippen LogP contribution in [0.2, 0.25) is 0 Å². The minimum Gasteiger partial charge on any atom is -0.456 e. The van der Waals surface area contributed by atoms with Crippen molar-refractivity contribution in [1.82, 2.24) is 44.9 Å². The average Bonchev–Trinajstić information content (AvgIpc) is 1.51. The van der Waals surface area contributed by atoms with Crippen molar-refractivity contribution in [3.63, 3.8) is 0 Å². The van der Waals surface area contributed by atoms with Gasteiger partial charge in [-0.2, -0.15) is 0 Å². The second kappa shape index (κ2) is 36.3. The van der Waals surface area contributed by atoms with Crippen LogP contribution in [0.25, 0.3) is 224 Å². The lowest BCUT2D eigenvalue weighted by molar-refractivity contribution is 0.414. The zero-order chi connectivity index (χ0) is 99.4. The van der Waals surface area contributed by atoms with Crippen molar-refractivity contribution in [2.75, 3.05) is 0 Å². The van der Waals surface area contributed by atoms with E-state index in [0.717, 1.165) is 138 Å². The van der Waals surface area contributed by atoms with Crippen LogP contribution in [0.15, 0.2) is 499 Å². The Kier molecular flexibility index (Phi) is 21.6. The first kappa shape index (κ1) is 88.7. The van der Waals surface area contributed by atoms with Crippen molar-refractivity contribution in [3.05, 3.63) is 535 Å². The van der Waals surface area contributed by atoms with Crippen LogP contribution in [0.5, 0.6) is 0 Å². The predicted molar refractivity (Wildman–Crippen MR) is 603 cm³/mol. The van der Waals surface area contributed by atoms with Gasteiger partial charge >= 0.3 is 0 Å². The molecule has 3 aliphatic rings. The smallest absolute Gasteiger partial charge is 0.164 e. The lowest BCUT2D eigenvalue weighted by Crippen LogP contribution is -2.28. The van der Waals surface area contributed by atoms with Gasteiger partial charge in [0.15, 0.2) is 52.4 Å². The second-order valence-corrected chi connectivity index (χ2v) is 39.3. The SMILES string of the molecule is CC(C)C1(C)c2ccccc2-c2cc3oc4cccc(-c5nc(-c6ccccc6)nc(-c6ccccc6)n5)c4c3cc21.CC1(c2ccccc2)c2ccccc2-c2cc3oc4cccc(-c5ccc(-c6nc(-c7ccccc7)nc(-c7ccccc7)n6)cc5)c4c3cc21.c1ccc(-c2nc(-c3ccccc3)nc(-c3cccc(-c4cccc5oc6cc7c(cc6c45)C(c4ccccc4)(c4ccccc4)c4ccccc4-7)c3)n2)cc1. The largest absolute Gasteiger partial charge is 0.456 e. The number of furan rings is 3. The third kappa shape index (κ3) is 15.0. The fourth-order valence-corrected chi connectivity index (χ4v) is 23.2. The molecule has 3 aliphatic carbocycles. The Labute approximate surface area is 861 Å². The highest BCUT2D eigenvalue weighted by Gasteiger charge is 2.48. The molecule has 0 saturated heterocycles. The summed E-state index contributed by atoms with van der Waals surface area (Å²) in [6.07, 6.45) is 0. The van der Waals surface area contributed by atoms with Crippen molar-refractivity contribution in [2.24, 2.45) is 5.92 Å². The van der Waals surface area contributed by atoms with Gasteiger partial charge in [-0.3, -0.25) is 0 Å². The molecule has 0 spiro atoms. The Morgan fingerprint density at radius 2 is 0.443 bits per heavy atom. The van der Waals surface area contributed by atoms with Gasteiger partial charge in [0.1, 0.15) is 33.5 Å². The molecule has 20 aromatic carbocycles. The molecule has 6 aromatic heterocycles. The number of aromatic nitrogens is 9. The highest BCUT2D eigenvalue weighted by molar-refractivity contribution is 6.17. The molecular weight excluding hydrogens is 1820 g/mol. The fraction of sp³-hybridized carbons (Fsp3) is 0.0584. The first-order valence-electron chi connectivity index (χ1n) is 50.7. The van der Waals surface area contributed by atoms with Crippen molar-refractivity contribution in [1.29, 1.82) is 0 Å². The van der Waals surface area contributed by atoms with E-state index in [0.29, 0.717) is 58.3 Å². The van der Waals surface area contributed by atoms with E-state index in [9.17, 15) is 0 Å². The maximum absolute atomic E-state index is 6.75. The van der Waals surface area contributed by atoms with Crippen LogP contribution in [0.4, 0.5) is 0 Å². The number of fused-ring (bicyclic) bond motifs is 18. The molecule has 2 atom stereocenters. The number of hydrogen-bond acceptors (Lipinski definition) is 12. The molecule has 0 bridgehead atoms. The van der Waals surface area contributed by atoms with E-state index in [1.807, 2.05) is 194 Å². The fourth-order valence-electron chi connectivity index (χ4n) is 23.2. The molecule has 26 aromatic rings. The van der Waals surface area contributed by atoms with Crippen LogP contribution in [0.3, 0.4) is 0 Å². The van der Waals surface area contributed by atoms with Crippen LogP contribution >= 0.6 is 0 Å². The van der Waals surface area contributed by atoms with Gasteiger partial charge in [-0.15, -0.1) is 0 Å². The predicted octanol–water partition coefficient (Wildman–Crippen LogP) is 34.3. The zero-order valence-electron chi connectivity index (χ0n) is 82.0. The molecule has 149 heavy (non-hydrogen) atoms. The lowest BCUT2D eigenvalue weighted by Gasteiger charge is -2.33. The van der Waals surface area contributed by atoms with Gasteiger partial charge in [-0.1, -0.05) is 445 Å². The maximum atomic E-state index is 6.75. The van der Waals surface area contributed by atoms with E-state index in [-0.39, 0.29) is 10.8 Å². The maximum Gasteiger partial charge on any atom is 0.164 e. The summed E-state index contributed by atoms with van der Waals surface area (Å²) in [6.45, 7) is 9.36. The molecule has 704 valence electrons. The molecule has 0 radical (unpaired) electrons. The molecule has 0 N–H and O–H groups in total. The monoisotopic (exact) mass is 1910 g/mol. The van der Waals surface area contributed by atoms with Crippen LogP contribution in [-0.2, 0) is 16.2 Å². The average molecular weight is 1910 g/mol. The molecule has 2 unspecified atom stereocenters. The molecule has 12 heteroatoms. The molecule has 6 heterocycles. The molecule has 0 aliphatic heterocycles. The van der Waals surface area contributed by atoms with Crippen molar-refractivity contribution in [3.8, 4) is 158 Å². The Morgan fingerprint density at radius 1 is 0.174 bits per heavy atom. The van der Waals surface area contributed by atoms with Gasteiger partial charge in [-0.25, -0.2) is 44.9 Å². The zero-order valence-corrected chi connectivity index (χ0v) is 82.0. The first-order chi connectivity index (χ1) is 73.4. The van der Waals surface area contributed by atoms with Gasteiger partial charge in [0, 0.05) is 93.2 Å². The Balaban J connectivity index is 0.000000111.